The summed E-state index contributed by atoms with van der Waals surface area (Å²) in [5, 5.41) is 8.84. The van der Waals surface area contributed by atoms with E-state index in [1.807, 2.05) is 13.8 Å². The van der Waals surface area contributed by atoms with Gasteiger partial charge in [0.1, 0.15) is 0 Å². The molecule has 12 heavy (non-hydrogen) atoms. The highest BCUT2D eigenvalue weighted by Gasteiger charge is 2.34. The lowest BCUT2D eigenvalue weighted by atomic mass is 9.82. The second-order valence-corrected chi connectivity index (χ2v) is 4.33. The number of aliphatic carboxylic acids is 1. The van der Waals surface area contributed by atoms with E-state index in [4.69, 9.17) is 9.84 Å². The van der Waals surface area contributed by atoms with Crippen LogP contribution in [0.4, 0.5) is 0 Å². The molecular formula is C9H18O3. The van der Waals surface area contributed by atoms with Gasteiger partial charge < -0.3 is 9.84 Å². The summed E-state index contributed by atoms with van der Waals surface area (Å²) in [7, 11) is 1.60. The number of ether oxygens (including phenoxy) is 1. The third-order valence-corrected chi connectivity index (χ3v) is 2.00. The number of methoxy groups -OCH3 is 1. The van der Waals surface area contributed by atoms with Crippen molar-refractivity contribution in [1.82, 2.24) is 0 Å². The van der Waals surface area contributed by atoms with Gasteiger partial charge in [0.05, 0.1) is 11.0 Å². The number of carboxylic acid groups (broad SMARTS) is 1. The van der Waals surface area contributed by atoms with E-state index in [9.17, 15) is 4.79 Å². The molecule has 0 heterocycles. The smallest absolute Gasteiger partial charge is 0.309 e. The summed E-state index contributed by atoms with van der Waals surface area (Å²) in [5.41, 5.74) is -1.10. The zero-order valence-corrected chi connectivity index (χ0v) is 8.47. The molecule has 0 amide bonds. The molecule has 0 aliphatic rings. The summed E-state index contributed by atoms with van der Waals surface area (Å²) in [6, 6.07) is 0. The van der Waals surface area contributed by atoms with Crippen molar-refractivity contribution in [2.24, 2.45) is 5.41 Å². The lowest BCUT2D eigenvalue weighted by molar-refractivity contribution is -0.150. The Hall–Kier alpha value is -0.570. The third-order valence-electron chi connectivity index (χ3n) is 2.00. The molecule has 3 heteroatoms. The second kappa shape index (κ2) is 3.44. The largest absolute Gasteiger partial charge is 0.481 e. The highest BCUT2D eigenvalue weighted by molar-refractivity contribution is 5.73. The second-order valence-electron chi connectivity index (χ2n) is 4.33. The quantitative estimate of drug-likeness (QED) is 0.708. The zero-order chi connectivity index (χ0) is 9.99. The number of hydrogen-bond donors (Lipinski definition) is 1. The molecule has 72 valence electrons. The maximum atomic E-state index is 10.8. The fourth-order valence-corrected chi connectivity index (χ4v) is 1.21. The van der Waals surface area contributed by atoms with E-state index in [0.29, 0.717) is 6.42 Å². The predicted octanol–water partition coefficient (Wildman–Crippen LogP) is 1.91. The van der Waals surface area contributed by atoms with E-state index in [2.05, 4.69) is 0 Å². The number of carbonyl (C=O) groups is 1. The normalized spacial score (nSPS) is 13.1. The SMILES string of the molecule is COC(C)(C)CC(C)(C)C(=O)O. The summed E-state index contributed by atoms with van der Waals surface area (Å²) in [5.74, 6) is -0.785. The molecule has 3 nitrogen and oxygen atoms in total. The molecule has 0 aromatic carbocycles. The lowest BCUT2D eigenvalue weighted by Crippen LogP contribution is -2.35. The number of rotatable bonds is 4. The Labute approximate surface area is 73.7 Å². The van der Waals surface area contributed by atoms with Crippen molar-refractivity contribution in [3.63, 3.8) is 0 Å². The van der Waals surface area contributed by atoms with Gasteiger partial charge in [-0.15, -0.1) is 0 Å². The third kappa shape index (κ3) is 3.22. The van der Waals surface area contributed by atoms with E-state index < -0.39 is 11.4 Å². The minimum atomic E-state index is -0.785. The minimum absolute atomic E-state index is 0.373. The Bertz CT molecular complexity index is 171. The maximum absolute atomic E-state index is 10.8. The first-order valence-corrected chi connectivity index (χ1v) is 4.00. The van der Waals surface area contributed by atoms with Crippen molar-refractivity contribution in [3.05, 3.63) is 0 Å². The summed E-state index contributed by atoms with van der Waals surface area (Å²) < 4.78 is 5.16. The van der Waals surface area contributed by atoms with Crippen molar-refractivity contribution < 1.29 is 14.6 Å². The molecule has 0 rings (SSSR count). The van der Waals surface area contributed by atoms with Crippen LogP contribution in [0.5, 0.6) is 0 Å². The number of hydrogen-bond acceptors (Lipinski definition) is 2. The van der Waals surface area contributed by atoms with E-state index in [1.165, 1.54) is 0 Å². The van der Waals surface area contributed by atoms with Crippen LogP contribution in [0.1, 0.15) is 34.1 Å². The molecule has 0 radical (unpaired) electrons. The van der Waals surface area contributed by atoms with Gasteiger partial charge in [0.25, 0.3) is 0 Å². The summed E-state index contributed by atoms with van der Waals surface area (Å²) in [6.07, 6.45) is 0.506. The van der Waals surface area contributed by atoms with Crippen LogP contribution in [0.15, 0.2) is 0 Å². The molecule has 0 bridgehead atoms. The van der Waals surface area contributed by atoms with Crippen molar-refractivity contribution in [2.45, 2.75) is 39.7 Å². The maximum Gasteiger partial charge on any atom is 0.309 e. The molecule has 0 spiro atoms. The van der Waals surface area contributed by atoms with E-state index >= 15 is 0 Å². The average molecular weight is 174 g/mol. The van der Waals surface area contributed by atoms with E-state index in [1.54, 1.807) is 21.0 Å². The van der Waals surface area contributed by atoms with E-state index in [0.717, 1.165) is 0 Å². The van der Waals surface area contributed by atoms with Crippen LogP contribution in [0.2, 0.25) is 0 Å². The Morgan fingerprint density at radius 3 is 2.00 bits per heavy atom. The summed E-state index contributed by atoms with van der Waals surface area (Å²) in [6.45, 7) is 7.18. The first-order valence-electron chi connectivity index (χ1n) is 4.00. The monoisotopic (exact) mass is 174 g/mol. The van der Waals surface area contributed by atoms with Crippen LogP contribution in [0.25, 0.3) is 0 Å². The van der Waals surface area contributed by atoms with Crippen molar-refractivity contribution in [3.8, 4) is 0 Å². The molecular weight excluding hydrogens is 156 g/mol. The molecule has 0 aliphatic carbocycles. The van der Waals surface area contributed by atoms with Crippen molar-refractivity contribution in [2.75, 3.05) is 7.11 Å². The van der Waals surface area contributed by atoms with Crippen LogP contribution in [-0.4, -0.2) is 23.8 Å². The zero-order valence-electron chi connectivity index (χ0n) is 8.47. The van der Waals surface area contributed by atoms with Crippen LogP contribution in [0.3, 0.4) is 0 Å². The van der Waals surface area contributed by atoms with Crippen LogP contribution < -0.4 is 0 Å². The summed E-state index contributed by atoms with van der Waals surface area (Å²) in [4.78, 5) is 10.8. The first kappa shape index (κ1) is 11.4. The van der Waals surface area contributed by atoms with Gasteiger partial charge in [-0.1, -0.05) is 0 Å². The molecule has 0 aromatic rings. The van der Waals surface area contributed by atoms with Gasteiger partial charge in [-0.05, 0) is 34.1 Å². The Balaban J connectivity index is 4.34. The highest BCUT2D eigenvalue weighted by atomic mass is 16.5. The molecule has 0 saturated heterocycles. The van der Waals surface area contributed by atoms with Gasteiger partial charge in [-0.2, -0.15) is 0 Å². The van der Waals surface area contributed by atoms with Crippen molar-refractivity contribution in [1.29, 1.82) is 0 Å². The highest BCUT2D eigenvalue weighted by Crippen LogP contribution is 2.29. The molecule has 0 aromatic heterocycles. The van der Waals surface area contributed by atoms with Crippen molar-refractivity contribution >= 4 is 5.97 Å². The molecule has 0 aliphatic heterocycles. The van der Waals surface area contributed by atoms with Crippen LogP contribution in [-0.2, 0) is 9.53 Å². The lowest BCUT2D eigenvalue weighted by Gasteiger charge is -2.30. The fourth-order valence-electron chi connectivity index (χ4n) is 1.21. The van der Waals surface area contributed by atoms with Gasteiger partial charge in [-0.25, -0.2) is 0 Å². The van der Waals surface area contributed by atoms with E-state index in [-0.39, 0.29) is 5.60 Å². The average Bonchev–Trinajstić information content (AvgIpc) is 1.85. The molecule has 0 atom stereocenters. The standard InChI is InChI=1S/C9H18O3/c1-8(2,7(10)11)6-9(3,4)12-5/h6H2,1-5H3,(H,10,11). The van der Waals surface area contributed by atoms with Gasteiger partial charge in [0, 0.05) is 7.11 Å². The Morgan fingerprint density at radius 2 is 1.75 bits per heavy atom. The van der Waals surface area contributed by atoms with Gasteiger partial charge >= 0.3 is 5.97 Å². The van der Waals surface area contributed by atoms with Crippen LogP contribution >= 0.6 is 0 Å². The van der Waals surface area contributed by atoms with Gasteiger partial charge in [0.2, 0.25) is 0 Å². The van der Waals surface area contributed by atoms with Gasteiger partial charge in [-0.3, -0.25) is 4.79 Å². The molecule has 1 N–H and O–H groups in total. The van der Waals surface area contributed by atoms with Gasteiger partial charge in [0.15, 0.2) is 0 Å². The topological polar surface area (TPSA) is 46.5 Å². The molecule has 0 saturated carbocycles. The Morgan fingerprint density at radius 1 is 1.33 bits per heavy atom. The fraction of sp³-hybridized carbons (Fsp3) is 0.889. The van der Waals surface area contributed by atoms with Crippen LogP contribution in [0, 0.1) is 5.41 Å². The molecule has 0 unspecified atom stereocenters. The predicted molar refractivity (Wildman–Crippen MR) is 47.1 cm³/mol. The number of carboxylic acids is 1. The summed E-state index contributed by atoms with van der Waals surface area (Å²) >= 11 is 0. The molecule has 0 fully saturated rings. The first-order chi connectivity index (χ1) is 5.21. The Kier molecular flexibility index (Phi) is 3.27. The minimum Gasteiger partial charge on any atom is -0.481 e.